The average Bonchev–Trinajstić information content (AvgIpc) is 3.61. The molecule has 2 aromatic carbocycles. The van der Waals surface area contributed by atoms with E-state index in [9.17, 15) is 14.9 Å². The number of nitrogens with zero attached hydrogens (tertiary/aromatic N) is 1. The minimum atomic E-state index is -0.695. The zero-order valence-corrected chi connectivity index (χ0v) is 20.3. The number of benzene rings is 2. The van der Waals surface area contributed by atoms with Crippen LogP contribution < -0.4 is 20.7 Å². The van der Waals surface area contributed by atoms with Gasteiger partial charge in [0.25, 0.3) is 5.91 Å². The number of anilines is 1. The number of H-pyrrole nitrogens is 1. The van der Waals surface area contributed by atoms with Crippen LogP contribution in [0.2, 0.25) is 0 Å². The fraction of sp³-hybridized carbons (Fsp3) is 0.393. The summed E-state index contributed by atoms with van der Waals surface area (Å²) >= 11 is 0. The number of para-hydroxylation sites is 1. The van der Waals surface area contributed by atoms with Crippen LogP contribution in [0.3, 0.4) is 0 Å². The third-order valence-corrected chi connectivity index (χ3v) is 7.12. The van der Waals surface area contributed by atoms with Crippen LogP contribution in [0.5, 0.6) is 5.75 Å². The molecule has 3 atom stereocenters. The van der Waals surface area contributed by atoms with Crippen LogP contribution in [0.15, 0.2) is 48.5 Å². The van der Waals surface area contributed by atoms with Crippen LogP contribution in [0.25, 0.3) is 10.9 Å². The highest BCUT2D eigenvalue weighted by molar-refractivity contribution is 6.01. The first kappa shape index (κ1) is 23.7. The minimum Gasteiger partial charge on any atom is -0.496 e. The molecule has 2 amide bonds. The number of methoxy groups -OCH3 is 1. The van der Waals surface area contributed by atoms with Gasteiger partial charge in [-0.2, -0.15) is 5.26 Å². The van der Waals surface area contributed by atoms with Crippen molar-refractivity contribution in [2.24, 2.45) is 11.8 Å². The lowest BCUT2D eigenvalue weighted by molar-refractivity contribution is -0.123. The van der Waals surface area contributed by atoms with Crippen molar-refractivity contribution in [1.29, 1.82) is 5.26 Å². The summed E-state index contributed by atoms with van der Waals surface area (Å²) in [5, 5.41) is 19.8. The summed E-state index contributed by atoms with van der Waals surface area (Å²) in [6.45, 7) is 0.761. The Labute approximate surface area is 210 Å². The monoisotopic (exact) mass is 485 g/mol. The molecule has 0 radical (unpaired) electrons. The molecule has 1 saturated carbocycles. The van der Waals surface area contributed by atoms with Crippen molar-refractivity contribution in [2.75, 3.05) is 19.0 Å². The number of amides is 2. The molecular formula is C28H31N5O3. The zero-order chi connectivity index (χ0) is 25.1. The second-order valence-corrected chi connectivity index (χ2v) is 9.84. The van der Waals surface area contributed by atoms with Crippen LogP contribution in [-0.4, -0.2) is 42.5 Å². The van der Waals surface area contributed by atoms with Gasteiger partial charge in [-0.25, -0.2) is 0 Å². The summed E-state index contributed by atoms with van der Waals surface area (Å²) in [4.78, 5) is 29.4. The Kier molecular flexibility index (Phi) is 6.81. The molecule has 1 fully saturated rings. The molecule has 1 aliphatic heterocycles. The van der Waals surface area contributed by atoms with Gasteiger partial charge in [0.05, 0.1) is 13.2 Å². The third kappa shape index (κ3) is 5.30. The van der Waals surface area contributed by atoms with E-state index in [-0.39, 0.29) is 17.7 Å². The average molecular weight is 486 g/mol. The Balaban J connectivity index is 1.24. The SMILES string of the molecule is COc1cccc2[nH]c(C(=O)NC(CC3CC3)C(=O)NC(C#N)CC3CNc4ccccc4C3)cc12. The first-order valence-electron chi connectivity index (χ1n) is 12.5. The fourth-order valence-electron chi connectivity index (χ4n) is 5.01. The zero-order valence-electron chi connectivity index (χ0n) is 20.3. The predicted molar refractivity (Wildman–Crippen MR) is 138 cm³/mol. The van der Waals surface area contributed by atoms with Crippen molar-refractivity contribution >= 4 is 28.4 Å². The van der Waals surface area contributed by atoms with E-state index < -0.39 is 12.1 Å². The fourth-order valence-corrected chi connectivity index (χ4v) is 5.01. The number of nitriles is 1. The number of hydrogen-bond donors (Lipinski definition) is 4. The predicted octanol–water partition coefficient (Wildman–Crippen LogP) is 3.76. The van der Waals surface area contributed by atoms with E-state index in [4.69, 9.17) is 4.74 Å². The van der Waals surface area contributed by atoms with Gasteiger partial charge < -0.3 is 25.7 Å². The van der Waals surface area contributed by atoms with Gasteiger partial charge in [-0.05, 0) is 60.9 Å². The van der Waals surface area contributed by atoms with Crippen LogP contribution in [0.4, 0.5) is 5.69 Å². The van der Waals surface area contributed by atoms with E-state index in [1.807, 2.05) is 30.3 Å². The molecule has 4 N–H and O–H groups in total. The minimum absolute atomic E-state index is 0.239. The van der Waals surface area contributed by atoms with Gasteiger partial charge in [0.1, 0.15) is 23.5 Å². The molecule has 0 saturated heterocycles. The maximum atomic E-state index is 13.2. The number of carbonyl (C=O) groups excluding carboxylic acids is 2. The number of fused-ring (bicyclic) bond motifs is 2. The molecule has 8 heteroatoms. The van der Waals surface area contributed by atoms with E-state index in [1.54, 1.807) is 13.2 Å². The molecule has 3 aromatic rings. The second kappa shape index (κ2) is 10.3. The Bertz CT molecular complexity index is 1310. The third-order valence-electron chi connectivity index (χ3n) is 7.12. The van der Waals surface area contributed by atoms with Crippen molar-refractivity contribution in [2.45, 2.75) is 44.2 Å². The van der Waals surface area contributed by atoms with Crippen molar-refractivity contribution in [3.05, 3.63) is 59.8 Å². The molecule has 2 aliphatic rings. The Hall–Kier alpha value is -3.99. The molecule has 36 heavy (non-hydrogen) atoms. The Morgan fingerprint density at radius 1 is 1.11 bits per heavy atom. The molecule has 2 heterocycles. The topological polar surface area (TPSA) is 119 Å². The van der Waals surface area contributed by atoms with E-state index in [0.717, 1.165) is 42.4 Å². The first-order chi connectivity index (χ1) is 17.5. The molecule has 186 valence electrons. The van der Waals surface area contributed by atoms with E-state index in [2.05, 4.69) is 39.1 Å². The van der Waals surface area contributed by atoms with Crippen molar-refractivity contribution < 1.29 is 14.3 Å². The van der Waals surface area contributed by atoms with Crippen LogP contribution in [-0.2, 0) is 11.2 Å². The molecule has 0 spiro atoms. The lowest BCUT2D eigenvalue weighted by Crippen LogP contribution is -2.50. The quantitative estimate of drug-likeness (QED) is 0.368. The van der Waals surface area contributed by atoms with Gasteiger partial charge in [0, 0.05) is 23.1 Å². The van der Waals surface area contributed by atoms with E-state index in [1.165, 1.54) is 5.56 Å². The Morgan fingerprint density at radius 2 is 1.94 bits per heavy atom. The van der Waals surface area contributed by atoms with Gasteiger partial charge in [-0.3, -0.25) is 9.59 Å². The van der Waals surface area contributed by atoms with Gasteiger partial charge in [0.2, 0.25) is 5.91 Å². The highest BCUT2D eigenvalue weighted by atomic mass is 16.5. The van der Waals surface area contributed by atoms with E-state index in [0.29, 0.717) is 30.2 Å². The number of rotatable bonds is 9. The molecule has 8 nitrogen and oxygen atoms in total. The van der Waals surface area contributed by atoms with Gasteiger partial charge in [-0.1, -0.05) is 37.1 Å². The standard InChI is InChI=1S/C28H31N5O3/c1-36-26-8-4-7-23-21(26)14-25(32-23)28(35)33-24(13-17-9-10-17)27(34)31-20(15-29)12-18-11-19-5-2-3-6-22(19)30-16-18/h2-8,14,17-18,20,24,30,32H,9-13,16H2,1H3,(H,31,34)(H,33,35). The van der Waals surface area contributed by atoms with Crippen LogP contribution >= 0.6 is 0 Å². The number of aromatic amines is 1. The summed E-state index contributed by atoms with van der Waals surface area (Å²) in [5.74, 6) is 0.674. The van der Waals surface area contributed by atoms with Crippen molar-refractivity contribution in [3.63, 3.8) is 0 Å². The number of carbonyl (C=O) groups is 2. The number of nitrogens with one attached hydrogen (secondary N) is 4. The lowest BCUT2D eigenvalue weighted by Gasteiger charge is -2.28. The summed E-state index contributed by atoms with van der Waals surface area (Å²) < 4.78 is 5.39. The summed E-state index contributed by atoms with van der Waals surface area (Å²) in [6, 6.07) is 16.4. The summed E-state index contributed by atoms with van der Waals surface area (Å²) in [6.07, 6.45) is 4.09. The number of hydrogen-bond acceptors (Lipinski definition) is 5. The number of ether oxygens (including phenoxy) is 1. The summed E-state index contributed by atoms with van der Waals surface area (Å²) in [5.41, 5.74) is 3.51. The number of aromatic nitrogens is 1. The molecule has 1 aromatic heterocycles. The van der Waals surface area contributed by atoms with Crippen molar-refractivity contribution in [1.82, 2.24) is 15.6 Å². The van der Waals surface area contributed by atoms with Gasteiger partial charge >= 0.3 is 0 Å². The molecule has 1 aliphatic carbocycles. The molecule has 3 unspecified atom stereocenters. The van der Waals surface area contributed by atoms with Gasteiger partial charge in [-0.15, -0.1) is 0 Å². The Morgan fingerprint density at radius 3 is 2.72 bits per heavy atom. The molecular weight excluding hydrogens is 454 g/mol. The smallest absolute Gasteiger partial charge is 0.268 e. The summed E-state index contributed by atoms with van der Waals surface area (Å²) in [7, 11) is 1.59. The highest BCUT2D eigenvalue weighted by Gasteiger charge is 2.32. The van der Waals surface area contributed by atoms with Gasteiger partial charge in [0.15, 0.2) is 0 Å². The second-order valence-electron chi connectivity index (χ2n) is 9.84. The van der Waals surface area contributed by atoms with Crippen molar-refractivity contribution in [3.8, 4) is 11.8 Å². The molecule has 0 bridgehead atoms. The van der Waals surface area contributed by atoms with Crippen LogP contribution in [0, 0.1) is 23.2 Å². The maximum Gasteiger partial charge on any atom is 0.268 e. The van der Waals surface area contributed by atoms with E-state index >= 15 is 0 Å². The lowest BCUT2D eigenvalue weighted by atomic mass is 9.89. The molecule has 5 rings (SSSR count). The normalized spacial score (nSPS) is 18.3. The first-order valence-corrected chi connectivity index (χ1v) is 12.5. The highest BCUT2D eigenvalue weighted by Crippen LogP contribution is 2.34. The largest absolute Gasteiger partial charge is 0.496 e. The maximum absolute atomic E-state index is 13.2. The van der Waals surface area contributed by atoms with Crippen LogP contribution in [0.1, 0.15) is 41.7 Å².